The number of nitrogens with one attached hydrogen (secondary N) is 1. The van der Waals surface area contributed by atoms with Crippen LogP contribution in [0.4, 0.5) is 0 Å². The number of nitrogens with zero attached hydrogens (tertiary/aromatic N) is 1. The minimum Gasteiger partial charge on any atom is -0.442 e. The van der Waals surface area contributed by atoms with Crippen LogP contribution in [0.15, 0.2) is 23.2 Å². The van der Waals surface area contributed by atoms with Crippen LogP contribution < -0.4 is 0 Å². The van der Waals surface area contributed by atoms with Crippen molar-refractivity contribution in [1.29, 1.82) is 0 Å². The van der Waals surface area contributed by atoms with E-state index in [0.29, 0.717) is 0 Å². The summed E-state index contributed by atoms with van der Waals surface area (Å²) < 4.78 is 4.92. The van der Waals surface area contributed by atoms with Crippen LogP contribution in [0.5, 0.6) is 0 Å². The second-order valence-electron chi connectivity index (χ2n) is 1.56. The first-order valence-corrected chi connectivity index (χ1v) is 2.33. The standard InChI is InChI=1S/C5H4N2O/c1-4-5(2-6-1)8-3-7-4/h1-3,6H. The summed E-state index contributed by atoms with van der Waals surface area (Å²) in [5.74, 6) is 0. The summed E-state index contributed by atoms with van der Waals surface area (Å²) in [4.78, 5) is 6.74. The van der Waals surface area contributed by atoms with Crippen LogP contribution in [0.1, 0.15) is 0 Å². The maximum atomic E-state index is 4.92. The number of fused-ring (bicyclic) bond motifs is 1. The van der Waals surface area contributed by atoms with Crippen molar-refractivity contribution in [2.75, 3.05) is 0 Å². The Balaban J connectivity index is 3.06. The monoisotopic (exact) mass is 108 g/mol. The third-order valence-electron chi connectivity index (χ3n) is 1.06. The Morgan fingerprint density at radius 1 is 1.50 bits per heavy atom. The first kappa shape index (κ1) is 3.72. The number of aromatic amines is 1. The number of hydrogen-bond acceptors (Lipinski definition) is 2. The Morgan fingerprint density at radius 3 is 3.38 bits per heavy atom. The zero-order chi connectivity index (χ0) is 5.40. The molecule has 0 radical (unpaired) electrons. The number of hydrogen-bond donors (Lipinski definition) is 1. The summed E-state index contributed by atoms with van der Waals surface area (Å²) in [5.41, 5.74) is 1.69. The predicted molar refractivity (Wildman–Crippen MR) is 28.4 cm³/mol. The molecule has 3 nitrogen and oxygen atoms in total. The van der Waals surface area contributed by atoms with E-state index in [-0.39, 0.29) is 0 Å². The van der Waals surface area contributed by atoms with Gasteiger partial charge >= 0.3 is 0 Å². The molecule has 2 rings (SSSR count). The number of H-pyrrole nitrogens is 1. The molecule has 0 spiro atoms. The highest BCUT2D eigenvalue weighted by Gasteiger charge is 1.93. The lowest BCUT2D eigenvalue weighted by Crippen LogP contribution is -1.52. The maximum Gasteiger partial charge on any atom is 0.182 e. The van der Waals surface area contributed by atoms with Gasteiger partial charge in [0.1, 0.15) is 5.52 Å². The smallest absolute Gasteiger partial charge is 0.182 e. The van der Waals surface area contributed by atoms with Crippen molar-refractivity contribution >= 4 is 11.1 Å². The van der Waals surface area contributed by atoms with Crippen LogP contribution in [0.25, 0.3) is 11.1 Å². The molecule has 8 heavy (non-hydrogen) atoms. The third kappa shape index (κ3) is 0.307. The molecule has 40 valence electrons. The zero-order valence-electron chi connectivity index (χ0n) is 4.09. The minimum absolute atomic E-state index is 0.810. The second-order valence-corrected chi connectivity index (χ2v) is 1.56. The summed E-state index contributed by atoms with van der Waals surface area (Å²) >= 11 is 0. The Bertz CT molecular complexity index is 232. The summed E-state index contributed by atoms with van der Waals surface area (Å²) in [6, 6.07) is 0. The van der Waals surface area contributed by atoms with Crippen LogP contribution >= 0.6 is 0 Å². The van der Waals surface area contributed by atoms with E-state index in [1.165, 1.54) is 6.39 Å². The molecule has 2 heterocycles. The van der Waals surface area contributed by atoms with E-state index < -0.39 is 0 Å². The lowest BCUT2D eigenvalue weighted by molar-refractivity contribution is 0.601. The van der Waals surface area contributed by atoms with E-state index in [1.807, 2.05) is 0 Å². The molecule has 0 aromatic carbocycles. The summed E-state index contributed by atoms with van der Waals surface area (Å²) in [7, 11) is 0. The van der Waals surface area contributed by atoms with Crippen molar-refractivity contribution in [2.45, 2.75) is 0 Å². The lowest BCUT2D eigenvalue weighted by Gasteiger charge is -1.62. The van der Waals surface area contributed by atoms with Crippen LogP contribution in [0, 0.1) is 0 Å². The molecule has 0 unspecified atom stereocenters. The van der Waals surface area contributed by atoms with Gasteiger partial charge in [-0.25, -0.2) is 4.98 Å². The first-order valence-electron chi connectivity index (χ1n) is 2.33. The van der Waals surface area contributed by atoms with Gasteiger partial charge in [0.2, 0.25) is 0 Å². The number of aromatic nitrogens is 2. The Morgan fingerprint density at radius 2 is 2.50 bits per heavy atom. The molecular weight excluding hydrogens is 104 g/mol. The molecule has 2 aromatic rings. The van der Waals surface area contributed by atoms with E-state index in [2.05, 4.69) is 9.97 Å². The SMILES string of the molecule is c1nc2c[nH]cc2o1. The Hall–Kier alpha value is -1.25. The second kappa shape index (κ2) is 1.12. The third-order valence-corrected chi connectivity index (χ3v) is 1.06. The molecule has 0 aliphatic carbocycles. The van der Waals surface area contributed by atoms with Gasteiger partial charge in [-0.3, -0.25) is 0 Å². The molecule has 0 saturated heterocycles. The molecule has 0 atom stereocenters. The maximum absolute atomic E-state index is 4.92. The van der Waals surface area contributed by atoms with Crippen LogP contribution in [0.2, 0.25) is 0 Å². The average Bonchev–Trinajstić information content (AvgIpc) is 2.15. The Labute approximate surface area is 45.3 Å². The largest absolute Gasteiger partial charge is 0.442 e. The van der Waals surface area contributed by atoms with Crippen LogP contribution in [-0.4, -0.2) is 9.97 Å². The van der Waals surface area contributed by atoms with Gasteiger partial charge in [-0.15, -0.1) is 0 Å². The van der Waals surface area contributed by atoms with Crippen molar-refractivity contribution < 1.29 is 4.42 Å². The fourth-order valence-corrected chi connectivity index (χ4v) is 0.677. The van der Waals surface area contributed by atoms with Gasteiger partial charge < -0.3 is 9.40 Å². The fraction of sp³-hybridized carbons (Fsp3) is 0. The molecule has 0 saturated carbocycles. The quantitative estimate of drug-likeness (QED) is 0.550. The molecule has 0 aliphatic rings. The van der Waals surface area contributed by atoms with Gasteiger partial charge in [0, 0.05) is 12.4 Å². The summed E-state index contributed by atoms with van der Waals surface area (Å²) in [5, 5.41) is 0. The van der Waals surface area contributed by atoms with Crippen molar-refractivity contribution in [2.24, 2.45) is 0 Å². The van der Waals surface area contributed by atoms with Crippen molar-refractivity contribution in [3.8, 4) is 0 Å². The number of rotatable bonds is 0. The molecule has 0 fully saturated rings. The number of oxazole rings is 1. The van der Waals surface area contributed by atoms with Crippen molar-refractivity contribution in [1.82, 2.24) is 9.97 Å². The highest BCUT2D eigenvalue weighted by molar-refractivity contribution is 5.70. The summed E-state index contributed by atoms with van der Waals surface area (Å²) in [6.07, 6.45) is 4.99. The van der Waals surface area contributed by atoms with Gasteiger partial charge in [0.25, 0.3) is 0 Å². The van der Waals surface area contributed by atoms with E-state index in [0.717, 1.165) is 11.1 Å². The van der Waals surface area contributed by atoms with Gasteiger partial charge in [-0.1, -0.05) is 0 Å². The molecule has 0 bridgehead atoms. The normalized spacial score (nSPS) is 10.5. The summed E-state index contributed by atoms with van der Waals surface area (Å²) in [6.45, 7) is 0. The molecule has 2 aromatic heterocycles. The molecular formula is C5H4N2O. The lowest BCUT2D eigenvalue weighted by atomic mass is 10.6. The Kier molecular flexibility index (Phi) is 0.521. The van der Waals surface area contributed by atoms with Crippen molar-refractivity contribution in [3.05, 3.63) is 18.8 Å². The van der Waals surface area contributed by atoms with Crippen LogP contribution in [-0.2, 0) is 0 Å². The van der Waals surface area contributed by atoms with Gasteiger partial charge in [-0.2, -0.15) is 0 Å². The first-order chi connectivity index (χ1) is 3.97. The topological polar surface area (TPSA) is 41.8 Å². The molecule has 1 N–H and O–H groups in total. The van der Waals surface area contributed by atoms with Crippen molar-refractivity contribution in [3.63, 3.8) is 0 Å². The predicted octanol–water partition coefficient (Wildman–Crippen LogP) is 1.16. The minimum atomic E-state index is 0.810. The highest BCUT2D eigenvalue weighted by atomic mass is 16.3. The molecule has 3 heteroatoms. The molecule has 0 amide bonds. The zero-order valence-corrected chi connectivity index (χ0v) is 4.09. The highest BCUT2D eigenvalue weighted by Crippen LogP contribution is 2.07. The van der Waals surface area contributed by atoms with Crippen LogP contribution in [0.3, 0.4) is 0 Å². The fourth-order valence-electron chi connectivity index (χ4n) is 0.677. The van der Waals surface area contributed by atoms with Gasteiger partial charge in [0.05, 0.1) is 0 Å². The van der Waals surface area contributed by atoms with E-state index >= 15 is 0 Å². The van der Waals surface area contributed by atoms with E-state index in [1.54, 1.807) is 12.4 Å². The average molecular weight is 108 g/mol. The van der Waals surface area contributed by atoms with E-state index in [4.69, 9.17) is 4.42 Å². The molecule has 0 aliphatic heterocycles. The van der Waals surface area contributed by atoms with Gasteiger partial charge in [-0.05, 0) is 0 Å². The van der Waals surface area contributed by atoms with E-state index in [9.17, 15) is 0 Å². The van der Waals surface area contributed by atoms with Gasteiger partial charge in [0.15, 0.2) is 12.0 Å².